The number of benzene rings is 1. The third-order valence-electron chi connectivity index (χ3n) is 2.42. The average molecular weight is 266 g/mol. The summed E-state index contributed by atoms with van der Waals surface area (Å²) in [6.45, 7) is 6.92. The van der Waals surface area contributed by atoms with Gasteiger partial charge in [-0.2, -0.15) is 0 Å². The molecular formula is C15H22O4. The van der Waals surface area contributed by atoms with E-state index in [1.807, 2.05) is 20.8 Å². The highest BCUT2D eigenvalue weighted by Crippen LogP contribution is 2.31. The lowest BCUT2D eigenvalue weighted by Gasteiger charge is -2.14. The molecule has 0 amide bonds. The highest BCUT2D eigenvalue weighted by atomic mass is 16.5. The van der Waals surface area contributed by atoms with Crippen LogP contribution in [-0.4, -0.2) is 26.3 Å². The van der Waals surface area contributed by atoms with Crippen LogP contribution in [0.2, 0.25) is 0 Å². The average Bonchev–Trinajstić information content (AvgIpc) is 2.41. The first-order valence-corrected chi connectivity index (χ1v) is 6.57. The van der Waals surface area contributed by atoms with E-state index in [1.54, 1.807) is 25.3 Å². The Bertz CT molecular complexity index is 413. The Morgan fingerprint density at radius 2 is 2.05 bits per heavy atom. The number of hydrogen-bond acceptors (Lipinski definition) is 4. The van der Waals surface area contributed by atoms with Crippen molar-refractivity contribution in [2.75, 3.05) is 20.3 Å². The molecule has 4 heteroatoms. The topological polar surface area (TPSA) is 44.8 Å². The molecule has 0 saturated carbocycles. The molecule has 106 valence electrons. The van der Waals surface area contributed by atoms with Crippen LogP contribution in [0.4, 0.5) is 0 Å². The summed E-state index contributed by atoms with van der Waals surface area (Å²) in [4.78, 5) is 12.0. The quantitative estimate of drug-likeness (QED) is 0.710. The molecular weight excluding hydrogens is 244 g/mol. The van der Waals surface area contributed by atoms with Crippen molar-refractivity contribution in [2.45, 2.75) is 27.2 Å². The minimum absolute atomic E-state index is 0.301. The van der Waals surface area contributed by atoms with Gasteiger partial charge in [-0.05, 0) is 24.5 Å². The molecule has 0 unspecified atom stereocenters. The van der Waals surface area contributed by atoms with E-state index in [-0.39, 0.29) is 5.97 Å². The van der Waals surface area contributed by atoms with Gasteiger partial charge in [-0.1, -0.05) is 26.8 Å². The van der Waals surface area contributed by atoms with Crippen LogP contribution in [-0.2, 0) is 4.74 Å². The van der Waals surface area contributed by atoms with Crippen molar-refractivity contribution in [1.82, 2.24) is 0 Å². The third kappa shape index (κ3) is 4.47. The predicted octanol–water partition coefficient (Wildman–Crippen LogP) is 3.30. The van der Waals surface area contributed by atoms with Crippen molar-refractivity contribution in [3.63, 3.8) is 0 Å². The molecule has 0 N–H and O–H groups in total. The summed E-state index contributed by atoms with van der Waals surface area (Å²) in [5, 5.41) is 0. The number of carbonyl (C=O) groups excluding carboxylic acids is 1. The van der Waals surface area contributed by atoms with Gasteiger partial charge in [-0.3, -0.25) is 0 Å². The lowest BCUT2D eigenvalue weighted by molar-refractivity contribution is 0.0453. The van der Waals surface area contributed by atoms with Gasteiger partial charge in [0.05, 0.1) is 20.3 Å². The Hall–Kier alpha value is -1.71. The number of rotatable bonds is 7. The Kier molecular flexibility index (Phi) is 6.19. The van der Waals surface area contributed by atoms with Crippen molar-refractivity contribution in [3.05, 3.63) is 23.8 Å². The molecule has 0 atom stereocenters. The molecule has 0 aromatic heterocycles. The van der Waals surface area contributed by atoms with Gasteiger partial charge in [0.1, 0.15) is 5.56 Å². The van der Waals surface area contributed by atoms with Gasteiger partial charge in [0.25, 0.3) is 0 Å². The molecule has 0 saturated heterocycles. The molecule has 0 bridgehead atoms. The van der Waals surface area contributed by atoms with Gasteiger partial charge in [-0.25, -0.2) is 4.79 Å². The van der Waals surface area contributed by atoms with E-state index < -0.39 is 0 Å². The molecule has 0 heterocycles. The first kappa shape index (κ1) is 15.3. The van der Waals surface area contributed by atoms with E-state index in [9.17, 15) is 4.79 Å². The molecule has 0 aliphatic heterocycles. The zero-order valence-electron chi connectivity index (χ0n) is 12.1. The first-order valence-electron chi connectivity index (χ1n) is 6.57. The molecule has 4 nitrogen and oxygen atoms in total. The molecule has 0 aliphatic carbocycles. The second-order valence-corrected chi connectivity index (χ2v) is 4.68. The van der Waals surface area contributed by atoms with E-state index >= 15 is 0 Å². The Morgan fingerprint density at radius 3 is 2.63 bits per heavy atom. The fraction of sp³-hybridized carbons (Fsp3) is 0.533. The maximum atomic E-state index is 12.0. The van der Waals surface area contributed by atoms with Crippen LogP contribution in [0.25, 0.3) is 0 Å². The number of carbonyl (C=O) groups is 1. The van der Waals surface area contributed by atoms with E-state index in [0.717, 1.165) is 6.42 Å². The number of para-hydroxylation sites is 1. The van der Waals surface area contributed by atoms with Crippen molar-refractivity contribution in [3.8, 4) is 11.5 Å². The molecule has 19 heavy (non-hydrogen) atoms. The smallest absolute Gasteiger partial charge is 0.342 e. The van der Waals surface area contributed by atoms with E-state index in [4.69, 9.17) is 14.2 Å². The summed E-state index contributed by atoms with van der Waals surface area (Å²) in [5.74, 6) is 0.932. The zero-order chi connectivity index (χ0) is 14.3. The van der Waals surface area contributed by atoms with Crippen LogP contribution in [0.15, 0.2) is 18.2 Å². The second kappa shape index (κ2) is 7.67. The minimum Gasteiger partial charge on any atom is -0.493 e. The standard InChI is InChI=1S/C15H22O4/c1-5-9-18-14-12(7-6-8-13(14)17-4)15(16)19-10-11(2)3/h6-8,11H,5,9-10H2,1-4H3. The van der Waals surface area contributed by atoms with E-state index in [1.165, 1.54) is 0 Å². The summed E-state index contributed by atoms with van der Waals surface area (Å²) in [7, 11) is 1.55. The van der Waals surface area contributed by atoms with Crippen LogP contribution >= 0.6 is 0 Å². The van der Waals surface area contributed by atoms with Gasteiger partial charge in [0, 0.05) is 0 Å². The maximum absolute atomic E-state index is 12.0. The van der Waals surface area contributed by atoms with Gasteiger partial charge < -0.3 is 14.2 Å². The normalized spacial score (nSPS) is 10.4. The third-order valence-corrected chi connectivity index (χ3v) is 2.42. The Morgan fingerprint density at radius 1 is 1.32 bits per heavy atom. The van der Waals surface area contributed by atoms with Crippen LogP contribution in [0.1, 0.15) is 37.6 Å². The number of hydrogen-bond donors (Lipinski definition) is 0. The van der Waals surface area contributed by atoms with Crippen LogP contribution in [0.5, 0.6) is 11.5 Å². The SMILES string of the molecule is CCCOc1c(OC)cccc1C(=O)OCC(C)C. The van der Waals surface area contributed by atoms with E-state index in [2.05, 4.69) is 0 Å². The van der Waals surface area contributed by atoms with Crippen LogP contribution in [0.3, 0.4) is 0 Å². The van der Waals surface area contributed by atoms with Gasteiger partial charge in [-0.15, -0.1) is 0 Å². The highest BCUT2D eigenvalue weighted by molar-refractivity contribution is 5.93. The van der Waals surface area contributed by atoms with Crippen molar-refractivity contribution < 1.29 is 19.0 Å². The molecule has 0 aliphatic rings. The largest absolute Gasteiger partial charge is 0.493 e. The van der Waals surface area contributed by atoms with Crippen LogP contribution < -0.4 is 9.47 Å². The minimum atomic E-state index is -0.376. The number of ether oxygens (including phenoxy) is 3. The van der Waals surface area contributed by atoms with Crippen LogP contribution in [0, 0.1) is 5.92 Å². The maximum Gasteiger partial charge on any atom is 0.342 e. The molecule has 1 aromatic carbocycles. The van der Waals surface area contributed by atoms with Crippen molar-refractivity contribution >= 4 is 5.97 Å². The molecule has 0 radical (unpaired) electrons. The summed E-state index contributed by atoms with van der Waals surface area (Å²) < 4.78 is 16.1. The van der Waals surface area contributed by atoms with Gasteiger partial charge in [0.15, 0.2) is 11.5 Å². The highest BCUT2D eigenvalue weighted by Gasteiger charge is 2.18. The monoisotopic (exact) mass is 266 g/mol. The predicted molar refractivity (Wildman–Crippen MR) is 73.9 cm³/mol. The molecule has 0 fully saturated rings. The van der Waals surface area contributed by atoms with Crippen molar-refractivity contribution in [2.24, 2.45) is 5.92 Å². The van der Waals surface area contributed by atoms with E-state index in [0.29, 0.717) is 36.2 Å². The van der Waals surface area contributed by atoms with Gasteiger partial charge in [0.2, 0.25) is 0 Å². The lowest BCUT2D eigenvalue weighted by Crippen LogP contribution is -2.12. The molecule has 1 aromatic rings. The van der Waals surface area contributed by atoms with Crippen molar-refractivity contribution in [1.29, 1.82) is 0 Å². The van der Waals surface area contributed by atoms with Gasteiger partial charge >= 0.3 is 5.97 Å². The zero-order valence-corrected chi connectivity index (χ0v) is 12.1. The molecule has 0 spiro atoms. The summed E-state index contributed by atoms with van der Waals surface area (Å²) in [6, 6.07) is 5.21. The molecule has 1 rings (SSSR count). The number of methoxy groups -OCH3 is 1. The second-order valence-electron chi connectivity index (χ2n) is 4.68. The summed E-state index contributed by atoms with van der Waals surface area (Å²) in [5.41, 5.74) is 0.411. The first-order chi connectivity index (χ1) is 9.10. The Balaban J connectivity index is 2.94. The summed E-state index contributed by atoms with van der Waals surface area (Å²) in [6.07, 6.45) is 0.860. The fourth-order valence-corrected chi connectivity index (χ4v) is 1.51. The Labute approximate surface area is 114 Å². The fourth-order valence-electron chi connectivity index (χ4n) is 1.51. The lowest BCUT2D eigenvalue weighted by atomic mass is 10.2. The summed E-state index contributed by atoms with van der Waals surface area (Å²) >= 11 is 0. The number of esters is 1.